The molecule has 0 aliphatic rings. The van der Waals surface area contributed by atoms with Crippen LogP contribution in [0.25, 0.3) is 33.6 Å². The number of nitrogens with one attached hydrogen (secondary N) is 1. The zero-order valence-electron chi connectivity index (χ0n) is 20.4. The van der Waals surface area contributed by atoms with Gasteiger partial charge in [0, 0.05) is 22.9 Å². The fraction of sp³-hybridized carbons (Fsp3) is 0.138. The number of esters is 1. The monoisotopic (exact) mass is 495 g/mol. The Hall–Kier alpha value is -4.85. The van der Waals surface area contributed by atoms with Gasteiger partial charge in [-0.3, -0.25) is 4.79 Å². The van der Waals surface area contributed by atoms with Crippen molar-refractivity contribution >= 4 is 28.6 Å². The molecule has 186 valence electrons. The Balaban J connectivity index is 1.56. The van der Waals surface area contributed by atoms with Gasteiger partial charge in [0.1, 0.15) is 29.4 Å². The summed E-state index contributed by atoms with van der Waals surface area (Å²) in [5.74, 6) is 2.35. The highest BCUT2D eigenvalue weighted by molar-refractivity contribution is 6.06. The van der Waals surface area contributed by atoms with Gasteiger partial charge >= 0.3 is 5.97 Å². The maximum atomic E-state index is 11.4. The first-order valence-electron chi connectivity index (χ1n) is 11.7. The number of hydrogen-bond acceptors (Lipinski definition) is 8. The van der Waals surface area contributed by atoms with E-state index in [0.717, 1.165) is 33.5 Å². The summed E-state index contributed by atoms with van der Waals surface area (Å²) in [7, 11) is 3.00. The Morgan fingerprint density at radius 1 is 0.892 bits per heavy atom. The normalized spacial score (nSPS) is 10.8. The Morgan fingerprint density at radius 3 is 2.46 bits per heavy atom. The summed E-state index contributed by atoms with van der Waals surface area (Å²) in [6.07, 6.45) is 1.64. The van der Waals surface area contributed by atoms with Gasteiger partial charge in [-0.2, -0.15) is 0 Å². The van der Waals surface area contributed by atoms with Crippen molar-refractivity contribution in [2.45, 2.75) is 6.42 Å². The third-order valence-corrected chi connectivity index (χ3v) is 5.80. The summed E-state index contributed by atoms with van der Waals surface area (Å²) in [5, 5.41) is 4.14. The van der Waals surface area contributed by atoms with E-state index in [2.05, 4.69) is 20.0 Å². The number of fused-ring (bicyclic) bond motifs is 1. The van der Waals surface area contributed by atoms with Crippen molar-refractivity contribution < 1.29 is 23.4 Å². The van der Waals surface area contributed by atoms with Crippen molar-refractivity contribution in [2.24, 2.45) is 0 Å². The molecule has 0 saturated heterocycles. The molecule has 0 fully saturated rings. The van der Waals surface area contributed by atoms with E-state index < -0.39 is 0 Å². The van der Waals surface area contributed by atoms with Crippen molar-refractivity contribution in [2.75, 3.05) is 26.1 Å². The van der Waals surface area contributed by atoms with Gasteiger partial charge in [0.15, 0.2) is 0 Å². The van der Waals surface area contributed by atoms with E-state index in [1.54, 1.807) is 7.11 Å². The number of methoxy groups -OCH3 is 2. The number of carbonyl (C=O) groups is 1. The van der Waals surface area contributed by atoms with Crippen LogP contribution in [-0.2, 0) is 9.53 Å². The molecule has 5 aromatic rings. The van der Waals surface area contributed by atoms with E-state index in [0.29, 0.717) is 23.0 Å². The molecule has 5 rings (SSSR count). The summed E-state index contributed by atoms with van der Waals surface area (Å²) in [5.41, 5.74) is 3.97. The number of nitrogens with zero attached hydrogens (tertiary/aromatic N) is 2. The lowest BCUT2D eigenvalue weighted by molar-refractivity contribution is -0.141. The van der Waals surface area contributed by atoms with Crippen LogP contribution in [0, 0.1) is 0 Å². The first-order chi connectivity index (χ1) is 18.2. The molecule has 0 amide bonds. The number of aromatic nitrogens is 2. The van der Waals surface area contributed by atoms with Crippen LogP contribution in [0.5, 0.6) is 11.5 Å². The van der Waals surface area contributed by atoms with Crippen LogP contribution in [-0.4, -0.2) is 36.8 Å². The van der Waals surface area contributed by atoms with Crippen LogP contribution in [0.4, 0.5) is 11.5 Å². The molecule has 0 radical (unpaired) electrons. The number of furan rings is 1. The lowest BCUT2D eigenvalue weighted by atomic mass is 9.99. The summed E-state index contributed by atoms with van der Waals surface area (Å²) in [4.78, 5) is 20.3. The number of hydrogen-bond donors (Lipinski definition) is 1. The Kier molecular flexibility index (Phi) is 6.98. The van der Waals surface area contributed by atoms with E-state index in [4.69, 9.17) is 13.9 Å². The minimum atomic E-state index is -0.321. The van der Waals surface area contributed by atoms with Gasteiger partial charge in [-0.1, -0.05) is 48.5 Å². The van der Waals surface area contributed by atoms with Gasteiger partial charge in [-0.15, -0.1) is 0 Å². The molecule has 37 heavy (non-hydrogen) atoms. The second kappa shape index (κ2) is 10.8. The zero-order chi connectivity index (χ0) is 25.6. The lowest BCUT2D eigenvalue weighted by Crippen LogP contribution is -2.07. The lowest BCUT2D eigenvalue weighted by Gasteiger charge is -2.11. The zero-order valence-corrected chi connectivity index (χ0v) is 20.4. The highest BCUT2D eigenvalue weighted by Crippen LogP contribution is 2.43. The molecule has 0 aliphatic carbocycles. The molecular formula is C29H25N3O5. The fourth-order valence-electron chi connectivity index (χ4n) is 4.01. The van der Waals surface area contributed by atoms with Crippen molar-refractivity contribution in [1.29, 1.82) is 0 Å². The Bertz CT molecular complexity index is 1510. The molecule has 2 aromatic heterocycles. The average Bonchev–Trinajstić information content (AvgIpc) is 3.34. The van der Waals surface area contributed by atoms with Crippen molar-refractivity contribution in [3.05, 3.63) is 85.2 Å². The third-order valence-electron chi connectivity index (χ3n) is 5.80. The topological polar surface area (TPSA) is 95.7 Å². The number of rotatable bonds is 9. The first-order valence-corrected chi connectivity index (χ1v) is 11.7. The summed E-state index contributed by atoms with van der Waals surface area (Å²) >= 11 is 0. The van der Waals surface area contributed by atoms with Crippen molar-refractivity contribution in [3.63, 3.8) is 0 Å². The van der Waals surface area contributed by atoms with Gasteiger partial charge < -0.3 is 23.9 Å². The van der Waals surface area contributed by atoms with Crippen LogP contribution in [0.2, 0.25) is 0 Å². The van der Waals surface area contributed by atoms with Crippen molar-refractivity contribution in [3.8, 4) is 33.9 Å². The maximum Gasteiger partial charge on any atom is 0.308 e. The fourth-order valence-corrected chi connectivity index (χ4v) is 4.01. The molecule has 8 heteroatoms. The van der Waals surface area contributed by atoms with Crippen LogP contribution >= 0.6 is 0 Å². The first kappa shape index (κ1) is 23.9. The van der Waals surface area contributed by atoms with Crippen LogP contribution < -0.4 is 14.8 Å². The molecule has 0 spiro atoms. The van der Waals surface area contributed by atoms with Gasteiger partial charge in [0.2, 0.25) is 5.71 Å². The van der Waals surface area contributed by atoms with Gasteiger partial charge in [-0.25, -0.2) is 9.97 Å². The predicted molar refractivity (Wildman–Crippen MR) is 141 cm³/mol. The number of ether oxygens (including phenoxy) is 3. The van der Waals surface area contributed by atoms with Crippen LogP contribution in [0.1, 0.15) is 6.42 Å². The SMILES string of the molecule is COC(=O)CCOc1cccc(Nc2ncnc3oc(-c4ccccc4)c(-c4ccc(OC)cc4)c23)c1. The Labute approximate surface area is 213 Å². The second-order valence-corrected chi connectivity index (χ2v) is 8.13. The third kappa shape index (κ3) is 5.23. The molecule has 3 aromatic carbocycles. The standard InChI is InChI=1S/C29H25N3O5/c1-34-22-13-11-19(12-14-22)25-26-28(30-18-31-29(26)37-27(25)20-7-4-3-5-8-20)32-21-9-6-10-23(17-21)36-16-15-24(33)35-2/h3-14,17-18H,15-16H2,1-2H3,(H,30,31,32). The minimum Gasteiger partial charge on any atom is -0.497 e. The van der Waals surface area contributed by atoms with Gasteiger partial charge in [-0.05, 0) is 29.8 Å². The van der Waals surface area contributed by atoms with E-state index in [1.807, 2.05) is 78.9 Å². The largest absolute Gasteiger partial charge is 0.497 e. The van der Waals surface area contributed by atoms with E-state index in [-0.39, 0.29) is 19.0 Å². The molecule has 0 aliphatic heterocycles. The highest BCUT2D eigenvalue weighted by atomic mass is 16.5. The second-order valence-electron chi connectivity index (χ2n) is 8.13. The minimum absolute atomic E-state index is 0.170. The van der Waals surface area contributed by atoms with Crippen LogP contribution in [0.3, 0.4) is 0 Å². The molecule has 8 nitrogen and oxygen atoms in total. The van der Waals surface area contributed by atoms with Crippen molar-refractivity contribution in [1.82, 2.24) is 9.97 Å². The highest BCUT2D eigenvalue weighted by Gasteiger charge is 2.22. The number of anilines is 2. The molecular weight excluding hydrogens is 470 g/mol. The maximum absolute atomic E-state index is 11.4. The Morgan fingerprint density at radius 2 is 1.70 bits per heavy atom. The summed E-state index contributed by atoms with van der Waals surface area (Å²) in [6.45, 7) is 0.220. The number of carbonyl (C=O) groups excluding carboxylic acids is 1. The van der Waals surface area contributed by atoms with Gasteiger partial charge in [0.05, 0.1) is 32.6 Å². The molecule has 0 unspecified atom stereocenters. The quantitative estimate of drug-likeness (QED) is 0.240. The summed E-state index contributed by atoms with van der Waals surface area (Å²) < 4.78 is 22.0. The summed E-state index contributed by atoms with van der Waals surface area (Å²) in [6, 6.07) is 25.1. The van der Waals surface area contributed by atoms with E-state index in [1.165, 1.54) is 13.4 Å². The number of benzene rings is 3. The molecule has 2 heterocycles. The molecule has 0 atom stereocenters. The average molecular weight is 496 g/mol. The molecule has 0 bridgehead atoms. The molecule has 1 N–H and O–H groups in total. The molecule has 0 saturated carbocycles. The smallest absolute Gasteiger partial charge is 0.308 e. The van der Waals surface area contributed by atoms with E-state index >= 15 is 0 Å². The van der Waals surface area contributed by atoms with E-state index in [9.17, 15) is 4.79 Å². The predicted octanol–water partition coefficient (Wildman–Crippen LogP) is 6.25. The van der Waals surface area contributed by atoms with Gasteiger partial charge in [0.25, 0.3) is 0 Å². The van der Waals surface area contributed by atoms with Crippen LogP contribution in [0.15, 0.2) is 89.6 Å².